The Morgan fingerprint density at radius 2 is 1.69 bits per heavy atom. The summed E-state index contributed by atoms with van der Waals surface area (Å²) in [6.45, 7) is 0.485. The lowest BCUT2D eigenvalue weighted by atomic mass is 9.73. The molecule has 42 heavy (non-hydrogen) atoms. The van der Waals surface area contributed by atoms with Crippen LogP contribution in [0.25, 0.3) is 0 Å². The Hall–Kier alpha value is -4.23. The van der Waals surface area contributed by atoms with E-state index in [2.05, 4.69) is 5.32 Å². The third-order valence-corrected chi connectivity index (χ3v) is 7.43. The predicted octanol–water partition coefficient (Wildman–Crippen LogP) is 6.54. The van der Waals surface area contributed by atoms with Crippen molar-refractivity contribution in [1.82, 2.24) is 0 Å². The minimum absolute atomic E-state index is 0.0547. The molecule has 1 saturated carbocycles. The van der Waals surface area contributed by atoms with Gasteiger partial charge in [-0.05, 0) is 66.8 Å². The lowest BCUT2D eigenvalue weighted by Gasteiger charge is -2.37. The molecule has 4 rings (SSSR count). The Bertz CT molecular complexity index is 1420. The van der Waals surface area contributed by atoms with Gasteiger partial charge in [-0.1, -0.05) is 43.5 Å². The van der Waals surface area contributed by atoms with Gasteiger partial charge < -0.3 is 24.6 Å². The van der Waals surface area contributed by atoms with Crippen molar-refractivity contribution in [2.24, 2.45) is 5.92 Å². The number of hydrogen-bond donors (Lipinski definition) is 2. The van der Waals surface area contributed by atoms with E-state index in [0.29, 0.717) is 35.7 Å². The zero-order valence-corrected chi connectivity index (χ0v) is 23.2. The molecule has 10 heteroatoms. The molecular weight excluding hydrogens is 549 g/mol. The number of para-hydroxylation sites is 2. The minimum Gasteiger partial charge on any atom is -0.493 e. The summed E-state index contributed by atoms with van der Waals surface area (Å²) in [6, 6.07) is 18.7. The van der Waals surface area contributed by atoms with Crippen LogP contribution in [-0.2, 0) is 17.4 Å². The molecule has 0 radical (unpaired) electrons. The van der Waals surface area contributed by atoms with Crippen molar-refractivity contribution < 1.29 is 37.3 Å². The van der Waals surface area contributed by atoms with Gasteiger partial charge in [0.25, 0.3) is 5.91 Å². The molecule has 0 saturated heterocycles. The predicted molar refractivity (Wildman–Crippen MR) is 150 cm³/mol. The number of nitriles is 1. The number of hydrogen-bond acceptors (Lipinski definition) is 6. The first-order valence-electron chi connectivity index (χ1n) is 13.8. The molecule has 2 N–H and O–H groups in total. The highest BCUT2D eigenvalue weighted by Gasteiger charge is 2.44. The Balaban J connectivity index is 1.48. The van der Waals surface area contributed by atoms with Gasteiger partial charge in [0.05, 0.1) is 24.3 Å². The molecule has 0 heterocycles. The number of rotatable bonds is 11. The van der Waals surface area contributed by atoms with Gasteiger partial charge in [0.2, 0.25) is 0 Å². The maximum atomic E-state index is 13.6. The second-order valence-electron chi connectivity index (χ2n) is 10.3. The van der Waals surface area contributed by atoms with E-state index >= 15 is 0 Å². The van der Waals surface area contributed by atoms with Crippen LogP contribution in [0.5, 0.6) is 17.2 Å². The van der Waals surface area contributed by atoms with Crippen LogP contribution in [0.4, 0.5) is 18.9 Å². The zero-order valence-electron chi connectivity index (χ0n) is 23.2. The average Bonchev–Trinajstić information content (AvgIpc) is 2.99. The number of amides is 1. The van der Waals surface area contributed by atoms with E-state index in [4.69, 9.17) is 19.5 Å². The number of methoxy groups -OCH3 is 1. The monoisotopic (exact) mass is 582 g/mol. The molecule has 3 aromatic carbocycles. The van der Waals surface area contributed by atoms with Crippen LogP contribution in [-0.4, -0.2) is 36.9 Å². The molecule has 1 unspecified atom stereocenters. The van der Waals surface area contributed by atoms with Crippen LogP contribution in [0, 0.1) is 17.2 Å². The van der Waals surface area contributed by atoms with Crippen molar-refractivity contribution in [3.8, 4) is 23.3 Å². The quantitative estimate of drug-likeness (QED) is 0.249. The summed E-state index contributed by atoms with van der Waals surface area (Å²) < 4.78 is 57.3. The smallest absolute Gasteiger partial charge is 0.417 e. The van der Waals surface area contributed by atoms with Gasteiger partial charge in [0.1, 0.15) is 24.6 Å². The summed E-state index contributed by atoms with van der Waals surface area (Å²) >= 11 is 0. The van der Waals surface area contributed by atoms with E-state index in [1.807, 2.05) is 12.1 Å². The summed E-state index contributed by atoms with van der Waals surface area (Å²) in [5, 5.41) is 23.4. The van der Waals surface area contributed by atoms with Crippen LogP contribution in [0.2, 0.25) is 0 Å². The summed E-state index contributed by atoms with van der Waals surface area (Å²) in [7, 11) is 1.56. The van der Waals surface area contributed by atoms with Gasteiger partial charge in [-0.25, -0.2) is 0 Å². The SMILES string of the molecule is COc1ccccc1OCCOc1cccc(CC(O)(C(=O)Nc2ccc(C#N)c(C(F)(F)F)c2)C2CCCCC2)c1. The van der Waals surface area contributed by atoms with Crippen molar-refractivity contribution >= 4 is 11.6 Å². The lowest BCUT2D eigenvalue weighted by molar-refractivity contribution is -0.142. The molecule has 0 spiro atoms. The number of aliphatic hydroxyl groups is 1. The topological polar surface area (TPSA) is 101 Å². The van der Waals surface area contributed by atoms with E-state index in [1.165, 1.54) is 12.1 Å². The van der Waals surface area contributed by atoms with Gasteiger partial charge in [0.15, 0.2) is 11.5 Å². The number of nitrogens with zero attached hydrogens (tertiary/aromatic N) is 1. The van der Waals surface area contributed by atoms with Gasteiger partial charge >= 0.3 is 6.18 Å². The Morgan fingerprint density at radius 3 is 2.38 bits per heavy atom. The molecule has 7 nitrogen and oxygen atoms in total. The average molecular weight is 583 g/mol. The van der Waals surface area contributed by atoms with E-state index in [-0.39, 0.29) is 31.2 Å². The summed E-state index contributed by atoms with van der Waals surface area (Å²) in [6.07, 6.45) is -0.942. The van der Waals surface area contributed by atoms with Gasteiger partial charge in [0, 0.05) is 12.1 Å². The van der Waals surface area contributed by atoms with Crippen molar-refractivity contribution in [2.45, 2.75) is 50.3 Å². The number of carbonyl (C=O) groups excluding carboxylic acids is 1. The summed E-state index contributed by atoms with van der Waals surface area (Å²) in [4.78, 5) is 13.6. The van der Waals surface area contributed by atoms with E-state index in [0.717, 1.165) is 31.4 Å². The molecule has 222 valence electrons. The molecule has 0 aromatic heterocycles. The maximum Gasteiger partial charge on any atom is 0.417 e. The van der Waals surface area contributed by atoms with Crippen LogP contribution < -0.4 is 19.5 Å². The standard InChI is InChI=1S/C32H33F3N2O5/c1-40-28-12-5-6-13-29(28)42-17-16-41-26-11-7-8-22(18-26)20-31(39,24-9-3-2-4-10-24)30(38)37-25-15-14-23(21-36)27(19-25)32(33,34)35/h5-8,11-15,18-19,24,39H,2-4,9-10,16-17,20H2,1H3,(H,37,38). The number of nitrogens with one attached hydrogen (secondary N) is 1. The van der Waals surface area contributed by atoms with Crippen LogP contribution in [0.1, 0.15) is 48.8 Å². The molecule has 1 aliphatic rings. The molecule has 3 aromatic rings. The molecule has 1 aliphatic carbocycles. The molecule has 1 amide bonds. The van der Waals surface area contributed by atoms with E-state index in [1.54, 1.807) is 43.5 Å². The van der Waals surface area contributed by atoms with Crippen molar-refractivity contribution in [3.63, 3.8) is 0 Å². The number of carbonyl (C=O) groups is 1. The fourth-order valence-corrected chi connectivity index (χ4v) is 5.29. The fraction of sp³-hybridized carbons (Fsp3) is 0.375. The minimum atomic E-state index is -4.77. The van der Waals surface area contributed by atoms with Gasteiger partial charge in [-0.15, -0.1) is 0 Å². The third kappa shape index (κ3) is 7.53. The highest BCUT2D eigenvalue weighted by atomic mass is 19.4. The number of ether oxygens (including phenoxy) is 3. The summed E-state index contributed by atoms with van der Waals surface area (Å²) in [5.74, 6) is 0.541. The van der Waals surface area contributed by atoms with Crippen LogP contribution in [0.3, 0.4) is 0 Å². The van der Waals surface area contributed by atoms with Crippen molar-refractivity contribution in [1.29, 1.82) is 5.26 Å². The Labute approximate surface area is 242 Å². The molecule has 1 fully saturated rings. The van der Waals surface area contributed by atoms with Crippen molar-refractivity contribution in [2.75, 3.05) is 25.6 Å². The molecular formula is C32H33F3N2O5. The number of halogens is 3. The normalized spacial score (nSPS) is 15.2. The first-order valence-corrected chi connectivity index (χ1v) is 13.8. The van der Waals surface area contributed by atoms with Gasteiger partial charge in [-0.2, -0.15) is 18.4 Å². The second kappa shape index (κ2) is 13.6. The highest BCUT2D eigenvalue weighted by molar-refractivity contribution is 5.97. The summed E-state index contributed by atoms with van der Waals surface area (Å²) in [5.41, 5.74) is -3.08. The molecule has 1 atom stereocenters. The van der Waals surface area contributed by atoms with E-state index < -0.39 is 28.8 Å². The largest absolute Gasteiger partial charge is 0.493 e. The lowest BCUT2D eigenvalue weighted by Crippen LogP contribution is -2.51. The molecule has 0 aliphatic heterocycles. The third-order valence-electron chi connectivity index (χ3n) is 7.43. The first-order chi connectivity index (χ1) is 20.1. The second-order valence-corrected chi connectivity index (χ2v) is 10.3. The van der Waals surface area contributed by atoms with Gasteiger partial charge in [-0.3, -0.25) is 4.79 Å². The Morgan fingerprint density at radius 1 is 0.976 bits per heavy atom. The number of alkyl halides is 3. The van der Waals surface area contributed by atoms with Crippen LogP contribution >= 0.6 is 0 Å². The fourth-order valence-electron chi connectivity index (χ4n) is 5.29. The number of benzene rings is 3. The van der Waals surface area contributed by atoms with Crippen LogP contribution in [0.15, 0.2) is 66.7 Å². The zero-order chi connectivity index (χ0) is 30.2. The Kier molecular flexibility index (Phi) is 9.96. The number of anilines is 1. The molecule has 0 bridgehead atoms. The maximum absolute atomic E-state index is 13.6. The highest BCUT2D eigenvalue weighted by Crippen LogP contribution is 2.38. The van der Waals surface area contributed by atoms with Crippen molar-refractivity contribution in [3.05, 3.63) is 83.4 Å². The first kappa shape index (κ1) is 30.7. The van der Waals surface area contributed by atoms with E-state index in [9.17, 15) is 23.1 Å².